The molecule has 0 saturated heterocycles. The molecular weight excluding hydrogens is 212 g/mol. The molecule has 0 aliphatic rings. The summed E-state index contributed by atoms with van der Waals surface area (Å²) in [5.74, 6) is 4.27. The lowest BCUT2D eigenvalue weighted by molar-refractivity contribution is 0.322. The lowest BCUT2D eigenvalue weighted by Gasteiger charge is -2.01. The molecule has 1 N–H and O–H groups in total. The Bertz CT molecular complexity index is 226. The van der Waals surface area contributed by atoms with Crippen LogP contribution in [0.15, 0.2) is 30.3 Å². The molecule has 0 aliphatic carbocycles. The number of aliphatic hydroxyl groups is 1. The summed E-state index contributed by atoms with van der Waals surface area (Å²) in [7, 11) is 0. The number of thioether (sulfide) groups is 2. The fraction of sp³-hybridized carbons (Fsp3) is 0.455. The average Bonchev–Trinajstić information content (AvgIpc) is 2.25. The van der Waals surface area contributed by atoms with Gasteiger partial charge >= 0.3 is 0 Å². The SMILES string of the molecule is OCCSCCSCc1ccccc1. The predicted octanol–water partition coefficient (Wildman–Crippen LogP) is 2.65. The third-order valence-corrected chi connectivity index (χ3v) is 3.97. The molecule has 1 rings (SSSR count). The second-order valence-corrected chi connectivity index (χ2v) is 5.20. The van der Waals surface area contributed by atoms with Gasteiger partial charge in [-0.1, -0.05) is 30.3 Å². The van der Waals surface area contributed by atoms with Crippen molar-refractivity contribution in [3.8, 4) is 0 Å². The van der Waals surface area contributed by atoms with E-state index in [1.54, 1.807) is 0 Å². The van der Waals surface area contributed by atoms with E-state index >= 15 is 0 Å². The highest BCUT2D eigenvalue weighted by Gasteiger charge is 1.92. The molecule has 3 heteroatoms. The maximum Gasteiger partial charge on any atom is 0.0521 e. The van der Waals surface area contributed by atoms with Crippen LogP contribution in [0.4, 0.5) is 0 Å². The van der Waals surface area contributed by atoms with Crippen molar-refractivity contribution >= 4 is 23.5 Å². The minimum atomic E-state index is 0.300. The Balaban J connectivity index is 1.99. The molecule has 1 aromatic rings. The highest BCUT2D eigenvalue weighted by Crippen LogP contribution is 2.13. The zero-order valence-corrected chi connectivity index (χ0v) is 9.82. The monoisotopic (exact) mass is 228 g/mol. The quantitative estimate of drug-likeness (QED) is 0.725. The molecule has 0 unspecified atom stereocenters. The third-order valence-electron chi connectivity index (χ3n) is 1.72. The molecule has 1 nitrogen and oxygen atoms in total. The van der Waals surface area contributed by atoms with Crippen molar-refractivity contribution in [2.45, 2.75) is 5.75 Å². The largest absolute Gasteiger partial charge is 0.396 e. The summed E-state index contributed by atoms with van der Waals surface area (Å²) < 4.78 is 0. The maximum absolute atomic E-state index is 8.57. The van der Waals surface area contributed by atoms with E-state index in [-0.39, 0.29) is 0 Å². The van der Waals surface area contributed by atoms with Crippen LogP contribution in [0.5, 0.6) is 0 Å². The Labute approximate surface area is 94.3 Å². The van der Waals surface area contributed by atoms with Gasteiger partial charge in [-0.15, -0.1) is 0 Å². The molecule has 0 fully saturated rings. The van der Waals surface area contributed by atoms with E-state index in [4.69, 9.17) is 5.11 Å². The van der Waals surface area contributed by atoms with E-state index in [1.165, 1.54) is 11.3 Å². The second-order valence-electron chi connectivity index (χ2n) is 2.87. The summed E-state index contributed by atoms with van der Waals surface area (Å²) in [4.78, 5) is 0. The third kappa shape index (κ3) is 5.58. The summed E-state index contributed by atoms with van der Waals surface area (Å²) in [6, 6.07) is 10.5. The van der Waals surface area contributed by atoms with Gasteiger partial charge in [-0.3, -0.25) is 0 Å². The standard InChI is InChI=1S/C11H16OS2/c12-6-7-13-8-9-14-10-11-4-2-1-3-5-11/h1-5,12H,6-10H2. The molecule has 0 bridgehead atoms. The fourth-order valence-electron chi connectivity index (χ4n) is 1.05. The van der Waals surface area contributed by atoms with Crippen molar-refractivity contribution in [1.82, 2.24) is 0 Å². The topological polar surface area (TPSA) is 20.2 Å². The molecule has 78 valence electrons. The second kappa shape index (κ2) is 8.21. The van der Waals surface area contributed by atoms with Crippen LogP contribution in [0.2, 0.25) is 0 Å². The van der Waals surface area contributed by atoms with Gasteiger partial charge in [0, 0.05) is 23.0 Å². The van der Waals surface area contributed by atoms with Gasteiger partial charge in [0.05, 0.1) is 6.61 Å². The van der Waals surface area contributed by atoms with Crippen LogP contribution in [0, 0.1) is 0 Å². The maximum atomic E-state index is 8.57. The zero-order chi connectivity index (χ0) is 10.1. The van der Waals surface area contributed by atoms with E-state index in [1.807, 2.05) is 29.6 Å². The van der Waals surface area contributed by atoms with Gasteiger partial charge in [0.15, 0.2) is 0 Å². The normalized spacial score (nSPS) is 10.4. The van der Waals surface area contributed by atoms with Gasteiger partial charge in [-0.25, -0.2) is 0 Å². The molecule has 0 aromatic heterocycles. The van der Waals surface area contributed by atoms with Crippen LogP contribution < -0.4 is 0 Å². The number of hydrogen-bond donors (Lipinski definition) is 1. The van der Waals surface area contributed by atoms with Gasteiger partial charge in [-0.05, 0) is 5.56 Å². The molecule has 0 aliphatic heterocycles. The van der Waals surface area contributed by atoms with Crippen molar-refractivity contribution in [2.75, 3.05) is 23.9 Å². The molecule has 0 saturated carbocycles. The van der Waals surface area contributed by atoms with Gasteiger partial charge in [-0.2, -0.15) is 23.5 Å². The summed E-state index contributed by atoms with van der Waals surface area (Å²) in [5.41, 5.74) is 1.39. The van der Waals surface area contributed by atoms with Crippen molar-refractivity contribution < 1.29 is 5.11 Å². The Hall–Kier alpha value is -0.120. The van der Waals surface area contributed by atoms with Crippen molar-refractivity contribution in [3.63, 3.8) is 0 Å². The Kier molecular flexibility index (Phi) is 7.01. The van der Waals surface area contributed by atoms with E-state index < -0.39 is 0 Å². The molecule has 1 aromatic carbocycles. The predicted molar refractivity (Wildman–Crippen MR) is 67.0 cm³/mol. The first-order valence-corrected chi connectivity index (χ1v) is 7.04. The van der Waals surface area contributed by atoms with E-state index in [2.05, 4.69) is 24.3 Å². The number of benzene rings is 1. The number of aliphatic hydroxyl groups excluding tert-OH is 1. The number of hydrogen-bond acceptors (Lipinski definition) is 3. The molecule has 0 spiro atoms. The van der Waals surface area contributed by atoms with Gasteiger partial charge in [0.25, 0.3) is 0 Å². The molecule has 0 radical (unpaired) electrons. The minimum Gasteiger partial charge on any atom is -0.396 e. The molecular formula is C11H16OS2. The van der Waals surface area contributed by atoms with E-state index in [0.29, 0.717) is 6.61 Å². The first-order valence-electron chi connectivity index (χ1n) is 4.74. The smallest absolute Gasteiger partial charge is 0.0521 e. The van der Waals surface area contributed by atoms with Crippen LogP contribution in [-0.2, 0) is 5.75 Å². The van der Waals surface area contributed by atoms with Crippen LogP contribution in [0.1, 0.15) is 5.56 Å². The molecule has 0 amide bonds. The lowest BCUT2D eigenvalue weighted by Crippen LogP contribution is -1.91. The highest BCUT2D eigenvalue weighted by atomic mass is 32.2. The molecule has 0 atom stereocenters. The summed E-state index contributed by atoms with van der Waals surface area (Å²) in [5, 5.41) is 8.57. The van der Waals surface area contributed by atoms with Crippen LogP contribution in [0.25, 0.3) is 0 Å². The zero-order valence-electron chi connectivity index (χ0n) is 8.19. The van der Waals surface area contributed by atoms with Crippen molar-refractivity contribution in [3.05, 3.63) is 35.9 Å². The van der Waals surface area contributed by atoms with Gasteiger partial charge in [0.2, 0.25) is 0 Å². The van der Waals surface area contributed by atoms with Crippen LogP contribution >= 0.6 is 23.5 Å². The van der Waals surface area contributed by atoms with Crippen LogP contribution in [0.3, 0.4) is 0 Å². The summed E-state index contributed by atoms with van der Waals surface area (Å²) in [6.45, 7) is 0.300. The summed E-state index contributed by atoms with van der Waals surface area (Å²) in [6.07, 6.45) is 0. The Morgan fingerprint density at radius 3 is 2.36 bits per heavy atom. The highest BCUT2D eigenvalue weighted by molar-refractivity contribution is 8.02. The van der Waals surface area contributed by atoms with E-state index in [0.717, 1.165) is 17.3 Å². The van der Waals surface area contributed by atoms with Crippen molar-refractivity contribution in [2.24, 2.45) is 0 Å². The average molecular weight is 228 g/mol. The fourth-order valence-corrected chi connectivity index (χ4v) is 2.90. The summed E-state index contributed by atoms with van der Waals surface area (Å²) >= 11 is 3.77. The number of rotatable bonds is 7. The first-order chi connectivity index (χ1) is 6.93. The van der Waals surface area contributed by atoms with E-state index in [9.17, 15) is 0 Å². The van der Waals surface area contributed by atoms with Gasteiger partial charge < -0.3 is 5.11 Å². The van der Waals surface area contributed by atoms with Crippen LogP contribution in [-0.4, -0.2) is 29.0 Å². The Morgan fingerprint density at radius 1 is 0.929 bits per heavy atom. The lowest BCUT2D eigenvalue weighted by atomic mass is 10.2. The minimum absolute atomic E-state index is 0.300. The first kappa shape index (κ1) is 12.0. The van der Waals surface area contributed by atoms with Gasteiger partial charge in [0.1, 0.15) is 0 Å². The Morgan fingerprint density at radius 2 is 1.64 bits per heavy atom. The molecule has 14 heavy (non-hydrogen) atoms. The van der Waals surface area contributed by atoms with Crippen molar-refractivity contribution in [1.29, 1.82) is 0 Å². The molecule has 0 heterocycles.